The second kappa shape index (κ2) is 3.54. The summed E-state index contributed by atoms with van der Waals surface area (Å²) in [5.41, 5.74) is 4.33. The highest BCUT2D eigenvalue weighted by atomic mass is 15.3. The Bertz CT molecular complexity index is 452. The molecule has 3 heteroatoms. The van der Waals surface area contributed by atoms with Crippen molar-refractivity contribution in [2.45, 2.75) is 13.8 Å². The third-order valence-corrected chi connectivity index (χ3v) is 2.15. The summed E-state index contributed by atoms with van der Waals surface area (Å²) in [6.07, 6.45) is 1.75. The zero-order chi connectivity index (χ0) is 9.97. The summed E-state index contributed by atoms with van der Waals surface area (Å²) in [5.74, 6) is 0. The molecule has 0 N–H and O–H groups in total. The predicted octanol–water partition coefficient (Wildman–Crippen LogP) is 2.16. The molecule has 14 heavy (non-hydrogen) atoms. The van der Waals surface area contributed by atoms with Crippen LogP contribution in [0.3, 0.4) is 0 Å². The number of aryl methyl sites for hydroxylation is 2. The lowest BCUT2D eigenvalue weighted by molar-refractivity contribution is 0.842. The predicted molar refractivity (Wildman–Crippen MR) is 54.7 cm³/mol. The molecule has 0 amide bonds. The van der Waals surface area contributed by atoms with E-state index in [0.717, 1.165) is 16.8 Å². The van der Waals surface area contributed by atoms with Crippen LogP contribution in [0, 0.1) is 13.8 Å². The van der Waals surface area contributed by atoms with Gasteiger partial charge in [-0.2, -0.15) is 0 Å². The van der Waals surface area contributed by atoms with E-state index in [1.165, 1.54) is 5.56 Å². The maximum Gasteiger partial charge on any atom is 0.0712 e. The molecule has 1 aromatic heterocycles. The molecule has 0 atom stereocenters. The maximum atomic E-state index is 3.92. The van der Waals surface area contributed by atoms with Crippen LogP contribution in [0.4, 0.5) is 0 Å². The van der Waals surface area contributed by atoms with Gasteiger partial charge in [0.05, 0.1) is 11.9 Å². The van der Waals surface area contributed by atoms with Crippen LogP contribution in [0.2, 0.25) is 0 Å². The molecule has 2 aromatic rings. The van der Waals surface area contributed by atoms with Crippen molar-refractivity contribution < 1.29 is 0 Å². The van der Waals surface area contributed by atoms with Crippen LogP contribution < -0.4 is 0 Å². The fraction of sp³-hybridized carbons (Fsp3) is 0.182. The van der Waals surface area contributed by atoms with Gasteiger partial charge in [-0.3, -0.25) is 0 Å². The first-order chi connectivity index (χ1) is 6.77. The van der Waals surface area contributed by atoms with Gasteiger partial charge in [-0.05, 0) is 24.6 Å². The van der Waals surface area contributed by atoms with Crippen LogP contribution >= 0.6 is 0 Å². The Balaban J connectivity index is 2.55. The highest BCUT2D eigenvalue weighted by Crippen LogP contribution is 2.20. The highest BCUT2D eigenvalue weighted by Gasteiger charge is 2.02. The van der Waals surface area contributed by atoms with E-state index in [1.807, 2.05) is 13.0 Å². The van der Waals surface area contributed by atoms with E-state index in [-0.39, 0.29) is 0 Å². The lowest BCUT2D eigenvalue weighted by Gasteiger charge is -2.03. The van der Waals surface area contributed by atoms with Gasteiger partial charge >= 0.3 is 0 Å². The van der Waals surface area contributed by atoms with Gasteiger partial charge in [0.1, 0.15) is 0 Å². The molecule has 0 aliphatic rings. The van der Waals surface area contributed by atoms with Crippen LogP contribution in [0.25, 0.3) is 11.1 Å². The van der Waals surface area contributed by atoms with E-state index in [4.69, 9.17) is 0 Å². The van der Waals surface area contributed by atoms with Gasteiger partial charge in [0.2, 0.25) is 0 Å². The minimum absolute atomic E-state index is 0.908. The summed E-state index contributed by atoms with van der Waals surface area (Å²) in [4.78, 5) is 0. The fourth-order valence-corrected chi connectivity index (χ4v) is 1.42. The molecule has 0 saturated heterocycles. The van der Waals surface area contributed by atoms with Gasteiger partial charge in [0.25, 0.3) is 0 Å². The molecule has 1 heterocycles. The molecular formula is C11H11N3. The first-order valence-electron chi connectivity index (χ1n) is 4.49. The van der Waals surface area contributed by atoms with Crippen molar-refractivity contribution in [1.82, 2.24) is 15.4 Å². The van der Waals surface area contributed by atoms with Crippen LogP contribution in [0.5, 0.6) is 0 Å². The maximum absolute atomic E-state index is 3.92. The smallest absolute Gasteiger partial charge is 0.0712 e. The molecule has 0 saturated carbocycles. The summed E-state index contributed by atoms with van der Waals surface area (Å²) in [6.45, 7) is 4.01. The minimum Gasteiger partial charge on any atom is -0.138 e. The summed E-state index contributed by atoms with van der Waals surface area (Å²) in [5, 5.41) is 11.3. The molecule has 0 fully saturated rings. The monoisotopic (exact) mass is 185 g/mol. The first-order valence-corrected chi connectivity index (χ1v) is 4.49. The molecule has 3 nitrogen and oxygen atoms in total. The van der Waals surface area contributed by atoms with Crippen molar-refractivity contribution in [2.75, 3.05) is 0 Å². The summed E-state index contributed by atoms with van der Waals surface area (Å²) in [7, 11) is 0. The summed E-state index contributed by atoms with van der Waals surface area (Å²) < 4.78 is 0. The summed E-state index contributed by atoms with van der Waals surface area (Å²) in [6, 6.07) is 8.27. The number of rotatable bonds is 1. The van der Waals surface area contributed by atoms with Crippen molar-refractivity contribution in [1.29, 1.82) is 0 Å². The zero-order valence-electron chi connectivity index (χ0n) is 8.23. The molecule has 1 aromatic carbocycles. The van der Waals surface area contributed by atoms with E-state index in [2.05, 4.69) is 40.5 Å². The lowest BCUT2D eigenvalue weighted by atomic mass is 10.0. The Hall–Kier alpha value is -1.77. The van der Waals surface area contributed by atoms with Crippen LogP contribution in [0.15, 0.2) is 30.5 Å². The Morgan fingerprint density at radius 1 is 1.14 bits per heavy atom. The van der Waals surface area contributed by atoms with Crippen LogP contribution in [-0.2, 0) is 0 Å². The Morgan fingerprint density at radius 2 is 2.00 bits per heavy atom. The SMILES string of the molecule is Cc1cccc(-c2cnnnc2C)c1. The normalized spacial score (nSPS) is 10.1. The molecule has 70 valence electrons. The van der Waals surface area contributed by atoms with Crippen LogP contribution in [0.1, 0.15) is 11.3 Å². The van der Waals surface area contributed by atoms with Crippen molar-refractivity contribution in [3.8, 4) is 11.1 Å². The fourth-order valence-electron chi connectivity index (χ4n) is 1.42. The molecular weight excluding hydrogens is 174 g/mol. The average Bonchev–Trinajstić information content (AvgIpc) is 2.18. The van der Waals surface area contributed by atoms with Gasteiger partial charge in [-0.1, -0.05) is 29.8 Å². The van der Waals surface area contributed by atoms with Gasteiger partial charge in [0.15, 0.2) is 0 Å². The van der Waals surface area contributed by atoms with Crippen LogP contribution in [-0.4, -0.2) is 15.4 Å². The Kier molecular flexibility index (Phi) is 2.23. The van der Waals surface area contributed by atoms with Crippen molar-refractivity contribution in [2.24, 2.45) is 0 Å². The third-order valence-electron chi connectivity index (χ3n) is 2.15. The van der Waals surface area contributed by atoms with E-state index in [9.17, 15) is 0 Å². The number of benzene rings is 1. The molecule has 2 rings (SSSR count). The van der Waals surface area contributed by atoms with Gasteiger partial charge < -0.3 is 0 Å². The highest BCUT2D eigenvalue weighted by molar-refractivity contribution is 5.64. The van der Waals surface area contributed by atoms with Gasteiger partial charge in [-0.15, -0.1) is 10.2 Å². The second-order valence-electron chi connectivity index (χ2n) is 3.30. The molecule has 0 spiro atoms. The Morgan fingerprint density at radius 3 is 2.71 bits per heavy atom. The molecule has 0 aliphatic heterocycles. The van der Waals surface area contributed by atoms with Gasteiger partial charge in [-0.25, -0.2) is 0 Å². The quantitative estimate of drug-likeness (QED) is 0.683. The summed E-state index contributed by atoms with van der Waals surface area (Å²) >= 11 is 0. The third kappa shape index (κ3) is 1.62. The van der Waals surface area contributed by atoms with Crippen molar-refractivity contribution >= 4 is 0 Å². The zero-order valence-corrected chi connectivity index (χ0v) is 8.23. The number of aromatic nitrogens is 3. The van der Waals surface area contributed by atoms with E-state index < -0.39 is 0 Å². The standard InChI is InChI=1S/C11H11N3/c1-8-4-3-5-10(6-8)11-7-12-14-13-9(11)2/h3-7H,1-2H3. The molecule has 0 aliphatic carbocycles. The number of hydrogen-bond donors (Lipinski definition) is 0. The number of nitrogens with zero attached hydrogens (tertiary/aromatic N) is 3. The molecule has 0 radical (unpaired) electrons. The van der Waals surface area contributed by atoms with Crippen molar-refractivity contribution in [3.63, 3.8) is 0 Å². The minimum atomic E-state index is 0.908. The van der Waals surface area contributed by atoms with E-state index >= 15 is 0 Å². The van der Waals surface area contributed by atoms with E-state index in [0.29, 0.717) is 0 Å². The van der Waals surface area contributed by atoms with Gasteiger partial charge in [0, 0.05) is 5.56 Å². The Labute approximate surface area is 82.8 Å². The average molecular weight is 185 g/mol. The first kappa shape index (κ1) is 8.81. The largest absolute Gasteiger partial charge is 0.138 e. The molecule has 0 bridgehead atoms. The number of hydrogen-bond acceptors (Lipinski definition) is 3. The van der Waals surface area contributed by atoms with Crippen molar-refractivity contribution in [3.05, 3.63) is 41.7 Å². The van der Waals surface area contributed by atoms with E-state index in [1.54, 1.807) is 6.20 Å². The second-order valence-corrected chi connectivity index (χ2v) is 3.30. The lowest BCUT2D eigenvalue weighted by Crippen LogP contribution is -1.93. The molecule has 0 unspecified atom stereocenters. The topological polar surface area (TPSA) is 38.7 Å².